The number of halogens is 4. The number of anilines is 1. The molecule has 0 unspecified atom stereocenters. The van der Waals surface area contributed by atoms with Crippen molar-refractivity contribution in [1.29, 1.82) is 0 Å². The van der Waals surface area contributed by atoms with E-state index in [1.807, 2.05) is 0 Å². The van der Waals surface area contributed by atoms with Crippen molar-refractivity contribution in [3.63, 3.8) is 0 Å². The van der Waals surface area contributed by atoms with Gasteiger partial charge in [-0.25, -0.2) is 14.0 Å². The number of aromatic carboxylic acids is 1. The maximum atomic E-state index is 14.4. The summed E-state index contributed by atoms with van der Waals surface area (Å²) >= 11 is 0. The Morgan fingerprint density at radius 2 is 1.67 bits per heavy atom. The number of carboxylic acid groups (broad SMARTS) is 1. The van der Waals surface area contributed by atoms with Crippen LogP contribution in [0.2, 0.25) is 0 Å². The molecule has 39 heavy (non-hydrogen) atoms. The van der Waals surface area contributed by atoms with Crippen molar-refractivity contribution in [3.05, 3.63) is 53.8 Å². The smallest absolute Gasteiger partial charge is 0.487 e. The molecule has 2 aromatic carbocycles. The molecular formula is C26H27F4N3O6. The fourth-order valence-electron chi connectivity index (χ4n) is 4.79. The molecule has 1 aliphatic carbocycles. The highest BCUT2D eigenvalue weighted by atomic mass is 19.4. The highest BCUT2D eigenvalue weighted by Gasteiger charge is 2.36. The van der Waals surface area contributed by atoms with Gasteiger partial charge in [-0.3, -0.25) is 4.79 Å². The van der Waals surface area contributed by atoms with Crippen molar-refractivity contribution in [3.8, 4) is 11.5 Å². The van der Waals surface area contributed by atoms with Crippen LogP contribution in [0, 0.1) is 5.82 Å². The van der Waals surface area contributed by atoms with Crippen LogP contribution in [0.25, 0.3) is 0 Å². The Hall–Kier alpha value is -4.03. The predicted molar refractivity (Wildman–Crippen MR) is 130 cm³/mol. The van der Waals surface area contributed by atoms with Gasteiger partial charge >= 0.3 is 18.4 Å². The summed E-state index contributed by atoms with van der Waals surface area (Å²) in [7, 11) is 0. The predicted octanol–water partition coefficient (Wildman–Crippen LogP) is 4.93. The molecule has 1 saturated carbocycles. The zero-order valence-electron chi connectivity index (χ0n) is 20.7. The fraction of sp³-hybridized carbons (Fsp3) is 0.423. The fourth-order valence-corrected chi connectivity index (χ4v) is 4.79. The third kappa shape index (κ3) is 7.30. The molecule has 9 nitrogen and oxygen atoms in total. The Labute approximate surface area is 221 Å². The van der Waals surface area contributed by atoms with Gasteiger partial charge < -0.3 is 30.1 Å². The third-order valence-corrected chi connectivity index (χ3v) is 6.66. The summed E-state index contributed by atoms with van der Waals surface area (Å²) in [5.74, 6) is -3.16. The monoisotopic (exact) mass is 553 g/mol. The molecule has 3 N–H and O–H groups in total. The topological polar surface area (TPSA) is 117 Å². The van der Waals surface area contributed by atoms with E-state index in [1.165, 1.54) is 29.2 Å². The van der Waals surface area contributed by atoms with E-state index in [0.717, 1.165) is 18.2 Å². The zero-order valence-corrected chi connectivity index (χ0v) is 20.7. The number of benzene rings is 2. The van der Waals surface area contributed by atoms with Crippen molar-refractivity contribution < 1.29 is 46.5 Å². The van der Waals surface area contributed by atoms with Gasteiger partial charge in [0, 0.05) is 18.3 Å². The molecule has 13 heteroatoms. The lowest BCUT2D eigenvalue weighted by molar-refractivity contribution is -0.274. The SMILES string of the molecule is O=C(O)c1cccc(OC2CCC(NC(=O)[C@H]3CCCN3C(=O)Nc3ccc(OC(F)(F)F)cc3)CC2)c1F. The average Bonchev–Trinajstić information content (AvgIpc) is 3.37. The van der Waals surface area contributed by atoms with E-state index in [4.69, 9.17) is 9.84 Å². The van der Waals surface area contributed by atoms with Gasteiger partial charge in [0.15, 0.2) is 11.6 Å². The molecule has 2 aromatic rings. The zero-order chi connectivity index (χ0) is 28.2. The molecule has 1 heterocycles. The summed E-state index contributed by atoms with van der Waals surface area (Å²) in [6.07, 6.45) is -1.92. The van der Waals surface area contributed by atoms with Crippen molar-refractivity contribution in [1.82, 2.24) is 10.2 Å². The number of ether oxygens (including phenoxy) is 2. The summed E-state index contributed by atoms with van der Waals surface area (Å²) in [5.41, 5.74) is -0.213. The van der Waals surface area contributed by atoms with E-state index in [0.29, 0.717) is 45.1 Å². The first kappa shape index (κ1) is 28.0. The molecule has 2 aliphatic rings. The molecule has 0 radical (unpaired) electrons. The van der Waals surface area contributed by atoms with E-state index in [9.17, 15) is 31.9 Å². The van der Waals surface area contributed by atoms with Gasteiger partial charge in [0.05, 0.1) is 11.7 Å². The van der Waals surface area contributed by atoms with Crippen LogP contribution >= 0.6 is 0 Å². The molecule has 0 spiro atoms. The number of carbonyl (C=O) groups excluding carboxylic acids is 2. The first-order valence-corrected chi connectivity index (χ1v) is 12.4. The Balaban J connectivity index is 1.26. The van der Waals surface area contributed by atoms with Crippen molar-refractivity contribution in [2.45, 2.75) is 63.1 Å². The molecule has 1 saturated heterocycles. The number of amides is 3. The first-order chi connectivity index (χ1) is 18.5. The maximum Gasteiger partial charge on any atom is 0.573 e. The summed E-state index contributed by atoms with van der Waals surface area (Å²) in [4.78, 5) is 38.3. The molecule has 0 bridgehead atoms. The van der Waals surface area contributed by atoms with Gasteiger partial charge in [-0.15, -0.1) is 13.2 Å². The lowest BCUT2D eigenvalue weighted by Gasteiger charge is -2.31. The highest BCUT2D eigenvalue weighted by molar-refractivity contribution is 5.94. The minimum atomic E-state index is -4.82. The summed E-state index contributed by atoms with van der Waals surface area (Å²) in [6, 6.07) is 7.24. The number of hydrogen-bond donors (Lipinski definition) is 3. The second-order valence-corrected chi connectivity index (χ2v) is 9.38. The minimum Gasteiger partial charge on any atom is -0.487 e. The average molecular weight is 554 g/mol. The van der Waals surface area contributed by atoms with Gasteiger partial charge in [-0.2, -0.15) is 0 Å². The van der Waals surface area contributed by atoms with Crippen LogP contribution < -0.4 is 20.1 Å². The number of alkyl halides is 3. The maximum absolute atomic E-state index is 14.4. The molecule has 1 aliphatic heterocycles. The number of rotatable bonds is 7. The van der Waals surface area contributed by atoms with Crippen LogP contribution in [0.5, 0.6) is 11.5 Å². The Bertz CT molecular complexity index is 1200. The minimum absolute atomic E-state index is 0.127. The lowest BCUT2D eigenvalue weighted by Crippen LogP contribution is -2.50. The largest absolute Gasteiger partial charge is 0.573 e. The molecule has 210 valence electrons. The number of carboxylic acids is 1. The van der Waals surface area contributed by atoms with Gasteiger partial charge in [0.2, 0.25) is 5.91 Å². The summed E-state index contributed by atoms with van der Waals surface area (Å²) < 4.78 is 60.9. The second kappa shape index (κ2) is 11.8. The van der Waals surface area contributed by atoms with E-state index in [-0.39, 0.29) is 29.5 Å². The Morgan fingerprint density at radius 1 is 0.974 bits per heavy atom. The van der Waals surface area contributed by atoms with E-state index >= 15 is 0 Å². The molecule has 4 rings (SSSR count). The van der Waals surface area contributed by atoms with Crippen molar-refractivity contribution in [2.24, 2.45) is 0 Å². The number of hydrogen-bond acceptors (Lipinski definition) is 5. The Kier molecular flexibility index (Phi) is 8.46. The van der Waals surface area contributed by atoms with Gasteiger partial charge in [0.1, 0.15) is 11.8 Å². The molecular weight excluding hydrogens is 526 g/mol. The Morgan fingerprint density at radius 3 is 2.31 bits per heavy atom. The quantitative estimate of drug-likeness (QED) is 0.419. The van der Waals surface area contributed by atoms with Gasteiger partial charge in [-0.1, -0.05) is 6.07 Å². The highest BCUT2D eigenvalue weighted by Crippen LogP contribution is 2.28. The molecule has 0 aromatic heterocycles. The van der Waals surface area contributed by atoms with Gasteiger partial charge in [-0.05, 0) is 74.9 Å². The molecule has 1 atom stereocenters. The van der Waals surface area contributed by atoms with E-state index in [2.05, 4.69) is 15.4 Å². The summed E-state index contributed by atoms with van der Waals surface area (Å²) in [5, 5.41) is 14.6. The normalized spacial score (nSPS) is 21.2. The standard InChI is InChI=1S/C26H27F4N3O6/c27-22-19(24(35)36)3-1-5-21(22)38-17-10-6-15(7-11-17)31-23(34)20-4-2-14-33(20)25(37)32-16-8-12-18(13-9-16)39-26(28,29)30/h1,3,5,8-9,12-13,15,17,20H,2,4,6-7,10-11,14H2,(H,31,34)(H,32,37)(H,35,36)/t15?,17?,20-/m1/s1. The van der Waals surface area contributed by atoms with Crippen LogP contribution in [0.15, 0.2) is 42.5 Å². The van der Waals surface area contributed by atoms with Crippen LogP contribution in [0.1, 0.15) is 48.9 Å². The number of nitrogens with one attached hydrogen (secondary N) is 2. The number of nitrogens with zero attached hydrogens (tertiary/aromatic N) is 1. The van der Waals surface area contributed by atoms with Crippen LogP contribution in [0.4, 0.5) is 28.0 Å². The molecule has 2 fully saturated rings. The van der Waals surface area contributed by atoms with Crippen molar-refractivity contribution >= 4 is 23.6 Å². The summed E-state index contributed by atoms with van der Waals surface area (Å²) in [6.45, 7) is 0.348. The van der Waals surface area contributed by atoms with Gasteiger partial charge in [0.25, 0.3) is 0 Å². The number of likely N-dealkylation sites (tertiary alicyclic amines) is 1. The second-order valence-electron chi connectivity index (χ2n) is 9.38. The third-order valence-electron chi connectivity index (χ3n) is 6.66. The van der Waals surface area contributed by atoms with E-state index in [1.54, 1.807) is 0 Å². The lowest BCUT2D eigenvalue weighted by atomic mass is 9.92. The van der Waals surface area contributed by atoms with Crippen LogP contribution in [-0.4, -0.2) is 59.0 Å². The number of carbonyl (C=O) groups is 3. The van der Waals surface area contributed by atoms with Crippen molar-refractivity contribution in [2.75, 3.05) is 11.9 Å². The van der Waals surface area contributed by atoms with Crippen LogP contribution in [-0.2, 0) is 4.79 Å². The first-order valence-electron chi connectivity index (χ1n) is 12.4. The number of urea groups is 1. The molecule has 3 amide bonds. The van der Waals surface area contributed by atoms with Crippen LogP contribution in [0.3, 0.4) is 0 Å². The van der Waals surface area contributed by atoms with E-state index < -0.39 is 41.5 Å².